The summed E-state index contributed by atoms with van der Waals surface area (Å²) < 4.78 is 47.4. The smallest absolute Gasteiger partial charge is 0.207 e. The van der Waals surface area contributed by atoms with Gasteiger partial charge in [0, 0.05) is 0 Å². The molecule has 0 aromatic carbocycles. The van der Waals surface area contributed by atoms with Crippen LogP contribution >= 0.6 is 0 Å². The molecule has 0 heterocycles. The van der Waals surface area contributed by atoms with Gasteiger partial charge in [0.2, 0.25) is 0 Å². The standard InChI is InChI=1S/C7H8F4/c1-3-4-6(8)5(2)7(9,10)11/h3-4H,1-2H3/b4-3-,6-5-. The van der Waals surface area contributed by atoms with Crippen LogP contribution in [0.1, 0.15) is 13.8 Å². The fourth-order valence-corrected chi connectivity index (χ4v) is 0.407. The van der Waals surface area contributed by atoms with Crippen LogP contribution in [-0.2, 0) is 0 Å². The molecule has 11 heavy (non-hydrogen) atoms. The maximum atomic E-state index is 12.4. The van der Waals surface area contributed by atoms with Crippen LogP contribution in [0.5, 0.6) is 0 Å². The van der Waals surface area contributed by atoms with Crippen molar-refractivity contribution in [2.75, 3.05) is 0 Å². The lowest BCUT2D eigenvalue weighted by Crippen LogP contribution is -2.09. The van der Waals surface area contributed by atoms with Gasteiger partial charge in [-0.1, -0.05) is 6.08 Å². The molecule has 0 aliphatic carbocycles. The zero-order valence-electron chi connectivity index (χ0n) is 6.17. The molecule has 0 amide bonds. The predicted octanol–water partition coefficient (Wildman–Crippen LogP) is 3.37. The highest BCUT2D eigenvalue weighted by molar-refractivity contribution is 5.20. The minimum Gasteiger partial charge on any atom is -0.207 e. The normalized spacial score (nSPS) is 15.5. The number of hydrogen-bond acceptors (Lipinski definition) is 0. The Kier molecular flexibility index (Phi) is 3.29. The largest absolute Gasteiger partial charge is 0.415 e. The third kappa shape index (κ3) is 3.20. The Hall–Kier alpha value is -0.800. The summed E-state index contributed by atoms with van der Waals surface area (Å²) in [5.74, 6) is -1.24. The summed E-state index contributed by atoms with van der Waals surface area (Å²) in [6.45, 7) is 2.15. The van der Waals surface area contributed by atoms with E-state index in [9.17, 15) is 17.6 Å². The van der Waals surface area contributed by atoms with Crippen molar-refractivity contribution in [1.82, 2.24) is 0 Å². The molecule has 0 spiro atoms. The Bertz CT molecular complexity index is 185. The van der Waals surface area contributed by atoms with Crippen molar-refractivity contribution < 1.29 is 17.6 Å². The molecule has 0 nitrogen and oxygen atoms in total. The fraction of sp³-hybridized carbons (Fsp3) is 0.429. The number of alkyl halides is 3. The van der Waals surface area contributed by atoms with E-state index in [1.807, 2.05) is 0 Å². The molecule has 0 unspecified atom stereocenters. The van der Waals surface area contributed by atoms with Crippen LogP contribution in [-0.4, -0.2) is 6.18 Å². The minimum absolute atomic E-state index is 0.704. The maximum Gasteiger partial charge on any atom is 0.415 e. The van der Waals surface area contributed by atoms with Gasteiger partial charge >= 0.3 is 6.18 Å². The van der Waals surface area contributed by atoms with E-state index >= 15 is 0 Å². The number of rotatable bonds is 1. The van der Waals surface area contributed by atoms with Crippen LogP contribution in [0.15, 0.2) is 23.6 Å². The van der Waals surface area contributed by atoms with E-state index in [0.717, 1.165) is 6.08 Å². The summed E-state index contributed by atoms with van der Waals surface area (Å²) in [5.41, 5.74) is -1.20. The predicted molar refractivity (Wildman–Crippen MR) is 34.7 cm³/mol. The van der Waals surface area contributed by atoms with Crippen molar-refractivity contribution in [2.45, 2.75) is 20.0 Å². The highest BCUT2D eigenvalue weighted by atomic mass is 19.4. The van der Waals surface area contributed by atoms with E-state index in [-0.39, 0.29) is 0 Å². The summed E-state index contributed by atoms with van der Waals surface area (Å²) in [7, 11) is 0. The Balaban J connectivity index is 4.67. The van der Waals surface area contributed by atoms with Gasteiger partial charge in [-0.3, -0.25) is 0 Å². The molecule has 64 valence electrons. The quantitative estimate of drug-likeness (QED) is 0.416. The van der Waals surface area contributed by atoms with Gasteiger partial charge in [-0.25, -0.2) is 4.39 Å². The summed E-state index contributed by atoms with van der Waals surface area (Å²) in [6, 6.07) is 0. The minimum atomic E-state index is -4.57. The number of hydrogen-bond donors (Lipinski definition) is 0. The van der Waals surface area contributed by atoms with Gasteiger partial charge in [-0.2, -0.15) is 13.2 Å². The van der Waals surface area contributed by atoms with Crippen molar-refractivity contribution in [3.8, 4) is 0 Å². The first-order valence-electron chi connectivity index (χ1n) is 2.96. The summed E-state index contributed by atoms with van der Waals surface area (Å²) in [6.07, 6.45) is -2.57. The highest BCUT2D eigenvalue weighted by Crippen LogP contribution is 2.28. The fourth-order valence-electron chi connectivity index (χ4n) is 0.407. The van der Waals surface area contributed by atoms with Crippen molar-refractivity contribution in [2.24, 2.45) is 0 Å². The monoisotopic (exact) mass is 168 g/mol. The van der Waals surface area contributed by atoms with E-state index in [0.29, 0.717) is 6.92 Å². The van der Waals surface area contributed by atoms with Crippen LogP contribution in [0.3, 0.4) is 0 Å². The molecule has 0 atom stereocenters. The van der Waals surface area contributed by atoms with Gasteiger partial charge in [0.25, 0.3) is 0 Å². The van der Waals surface area contributed by atoms with Gasteiger partial charge < -0.3 is 0 Å². The SMILES string of the molecule is C/C=C\C(F)=C(/C)C(F)(F)F. The topological polar surface area (TPSA) is 0 Å². The zero-order valence-corrected chi connectivity index (χ0v) is 6.17. The first kappa shape index (κ1) is 10.2. The van der Waals surface area contributed by atoms with E-state index in [2.05, 4.69) is 0 Å². The van der Waals surface area contributed by atoms with E-state index in [1.54, 1.807) is 0 Å². The Morgan fingerprint density at radius 2 is 1.73 bits per heavy atom. The molecule has 0 saturated heterocycles. The van der Waals surface area contributed by atoms with Gasteiger partial charge in [0.1, 0.15) is 5.83 Å². The van der Waals surface area contributed by atoms with Gasteiger partial charge in [0.05, 0.1) is 5.57 Å². The zero-order chi connectivity index (χ0) is 9.07. The Morgan fingerprint density at radius 1 is 1.27 bits per heavy atom. The van der Waals surface area contributed by atoms with E-state index < -0.39 is 17.6 Å². The van der Waals surface area contributed by atoms with Gasteiger partial charge in [-0.05, 0) is 19.9 Å². The van der Waals surface area contributed by atoms with Crippen LogP contribution in [0.2, 0.25) is 0 Å². The van der Waals surface area contributed by atoms with Crippen LogP contribution in [0, 0.1) is 0 Å². The molecule has 0 radical (unpaired) electrons. The molecule has 0 aliphatic rings. The van der Waals surface area contributed by atoms with Crippen molar-refractivity contribution >= 4 is 0 Å². The lowest BCUT2D eigenvalue weighted by molar-refractivity contribution is -0.0929. The van der Waals surface area contributed by atoms with Gasteiger partial charge in [-0.15, -0.1) is 0 Å². The van der Waals surface area contributed by atoms with E-state index in [1.165, 1.54) is 13.0 Å². The molecule has 0 aromatic rings. The van der Waals surface area contributed by atoms with Crippen LogP contribution < -0.4 is 0 Å². The average molecular weight is 168 g/mol. The molecule has 0 N–H and O–H groups in total. The Labute approximate surface area is 62.2 Å². The number of halogens is 4. The lowest BCUT2D eigenvalue weighted by atomic mass is 10.2. The third-order valence-corrected chi connectivity index (χ3v) is 1.10. The lowest BCUT2D eigenvalue weighted by Gasteiger charge is -2.05. The van der Waals surface area contributed by atoms with Crippen LogP contribution in [0.4, 0.5) is 17.6 Å². The Morgan fingerprint density at radius 3 is 2.00 bits per heavy atom. The molecule has 0 rings (SSSR count). The first-order chi connectivity index (χ1) is 4.89. The molecule has 4 heteroatoms. The molecule has 0 aromatic heterocycles. The highest BCUT2D eigenvalue weighted by Gasteiger charge is 2.32. The molecular weight excluding hydrogens is 160 g/mol. The maximum absolute atomic E-state index is 12.4. The molecule has 0 saturated carbocycles. The summed E-state index contributed by atoms with van der Waals surface area (Å²) in [5, 5.41) is 0. The summed E-state index contributed by atoms with van der Waals surface area (Å²) in [4.78, 5) is 0. The number of allylic oxidation sites excluding steroid dienone is 4. The van der Waals surface area contributed by atoms with Crippen molar-refractivity contribution in [1.29, 1.82) is 0 Å². The second-order valence-electron chi connectivity index (χ2n) is 1.97. The van der Waals surface area contributed by atoms with Crippen molar-refractivity contribution in [3.63, 3.8) is 0 Å². The van der Waals surface area contributed by atoms with Gasteiger partial charge in [0.15, 0.2) is 0 Å². The van der Waals surface area contributed by atoms with E-state index in [4.69, 9.17) is 0 Å². The molecular formula is C7H8F4. The first-order valence-corrected chi connectivity index (χ1v) is 2.96. The second-order valence-corrected chi connectivity index (χ2v) is 1.97. The third-order valence-electron chi connectivity index (χ3n) is 1.10. The second kappa shape index (κ2) is 3.55. The van der Waals surface area contributed by atoms with Crippen LogP contribution in [0.25, 0.3) is 0 Å². The van der Waals surface area contributed by atoms with Crippen molar-refractivity contribution in [3.05, 3.63) is 23.6 Å². The molecule has 0 fully saturated rings. The molecule has 0 aliphatic heterocycles. The average Bonchev–Trinajstić information content (AvgIpc) is 1.85. The summed E-state index contributed by atoms with van der Waals surface area (Å²) >= 11 is 0. The molecule has 0 bridgehead atoms.